The van der Waals surface area contributed by atoms with Gasteiger partial charge in [0.25, 0.3) is 0 Å². The molecular weight excluding hydrogens is 247 g/mol. The Bertz CT molecular complexity index is 150. The maximum Gasteiger partial charge on any atom is 0.0230 e. The van der Waals surface area contributed by atoms with Gasteiger partial charge in [-0.15, -0.1) is 0 Å². The first-order valence-corrected chi connectivity index (χ1v) is 6.00. The van der Waals surface area contributed by atoms with E-state index in [2.05, 4.69) is 22.6 Å². The van der Waals surface area contributed by atoms with Gasteiger partial charge in [0.15, 0.2) is 0 Å². The maximum atomic E-state index is 2.77. The molecule has 0 heterocycles. The first kappa shape index (κ1) is 7.16. The fourth-order valence-electron chi connectivity index (χ4n) is 4.00. The highest BCUT2D eigenvalue weighted by Gasteiger charge is 2.49. The summed E-state index contributed by atoms with van der Waals surface area (Å²) in [5.74, 6) is 3.41. The highest BCUT2D eigenvalue weighted by molar-refractivity contribution is 14.1. The minimum Gasteiger partial charge on any atom is -0.0788 e. The van der Waals surface area contributed by atoms with Crippen molar-refractivity contribution < 1.29 is 0 Å². The zero-order valence-corrected chi connectivity index (χ0v) is 9.01. The number of alkyl halides is 1. The first-order chi connectivity index (χ1) is 5.23. The topological polar surface area (TPSA) is 0 Å². The van der Waals surface area contributed by atoms with Gasteiger partial charge in [-0.3, -0.25) is 0 Å². The average molecular weight is 262 g/mol. The van der Waals surface area contributed by atoms with Gasteiger partial charge in [-0.25, -0.2) is 0 Å². The monoisotopic (exact) mass is 262 g/mol. The van der Waals surface area contributed by atoms with Crippen LogP contribution in [0.15, 0.2) is 0 Å². The van der Waals surface area contributed by atoms with Crippen LogP contribution < -0.4 is 0 Å². The normalized spacial score (nSPS) is 60.3. The predicted octanol–water partition coefficient (Wildman–Crippen LogP) is 3.39. The third kappa shape index (κ3) is 1.06. The summed E-state index contributed by atoms with van der Waals surface area (Å²) >= 11 is 2.77. The van der Waals surface area contributed by atoms with E-state index in [0.29, 0.717) is 0 Å². The van der Waals surface area contributed by atoms with Gasteiger partial charge in [0, 0.05) is 3.42 Å². The van der Waals surface area contributed by atoms with Crippen LogP contribution in [0.4, 0.5) is 0 Å². The van der Waals surface area contributed by atoms with E-state index < -0.39 is 0 Å². The van der Waals surface area contributed by atoms with Crippen LogP contribution in [0.25, 0.3) is 0 Å². The summed E-state index contributed by atoms with van der Waals surface area (Å²) in [5.41, 5.74) is 0. The molecule has 0 radical (unpaired) electrons. The molecule has 62 valence electrons. The molecule has 0 aromatic heterocycles. The molecule has 0 aromatic rings. The van der Waals surface area contributed by atoms with Crippen molar-refractivity contribution in [2.24, 2.45) is 17.8 Å². The molecule has 0 saturated heterocycles. The molecular formula is C10H15I. The van der Waals surface area contributed by atoms with Gasteiger partial charge in [-0.2, -0.15) is 0 Å². The molecule has 4 fully saturated rings. The van der Waals surface area contributed by atoms with Crippen LogP contribution in [0, 0.1) is 17.8 Å². The van der Waals surface area contributed by atoms with E-state index in [4.69, 9.17) is 0 Å². The van der Waals surface area contributed by atoms with E-state index in [0.717, 1.165) is 21.2 Å². The molecule has 0 amide bonds. The lowest BCUT2D eigenvalue weighted by molar-refractivity contribution is 0.0456. The van der Waals surface area contributed by atoms with Crippen LogP contribution in [-0.2, 0) is 0 Å². The summed E-state index contributed by atoms with van der Waals surface area (Å²) in [5, 5.41) is 0. The predicted molar refractivity (Wildman–Crippen MR) is 54.9 cm³/mol. The van der Waals surface area contributed by atoms with Gasteiger partial charge in [0.1, 0.15) is 0 Å². The average Bonchev–Trinajstić information content (AvgIpc) is 1.79. The molecule has 4 aliphatic rings. The lowest BCUT2D eigenvalue weighted by Crippen LogP contribution is -2.46. The summed E-state index contributed by atoms with van der Waals surface area (Å²) in [6.45, 7) is 0. The number of hydrogen-bond donors (Lipinski definition) is 0. The molecule has 1 heteroatoms. The van der Waals surface area contributed by atoms with Crippen molar-refractivity contribution in [3.8, 4) is 0 Å². The van der Waals surface area contributed by atoms with Gasteiger partial charge < -0.3 is 0 Å². The second-order valence-corrected chi connectivity index (χ2v) is 7.36. The van der Waals surface area contributed by atoms with Crippen molar-refractivity contribution in [3.63, 3.8) is 0 Å². The minimum atomic E-state index is 0.770. The van der Waals surface area contributed by atoms with Gasteiger partial charge >= 0.3 is 0 Å². The fourth-order valence-corrected chi connectivity index (χ4v) is 5.87. The Balaban J connectivity index is 1.94. The third-order valence-electron chi connectivity index (χ3n) is 3.96. The molecule has 4 aliphatic carbocycles. The number of halogens is 1. The van der Waals surface area contributed by atoms with Crippen molar-refractivity contribution in [2.75, 3.05) is 0 Å². The molecule has 11 heavy (non-hydrogen) atoms. The van der Waals surface area contributed by atoms with E-state index in [1.165, 1.54) is 0 Å². The van der Waals surface area contributed by atoms with E-state index in [-0.39, 0.29) is 0 Å². The van der Waals surface area contributed by atoms with Crippen LogP contribution >= 0.6 is 22.6 Å². The van der Waals surface area contributed by atoms with Crippen molar-refractivity contribution >= 4 is 22.6 Å². The minimum absolute atomic E-state index is 0.770. The summed E-state index contributed by atoms with van der Waals surface area (Å²) < 4.78 is 0.770. The molecule has 0 aromatic carbocycles. The van der Waals surface area contributed by atoms with Crippen molar-refractivity contribution in [1.82, 2.24) is 0 Å². The van der Waals surface area contributed by atoms with Crippen molar-refractivity contribution in [3.05, 3.63) is 0 Å². The molecule has 4 bridgehead atoms. The van der Waals surface area contributed by atoms with E-state index >= 15 is 0 Å². The Morgan fingerprint density at radius 3 is 1.45 bits per heavy atom. The van der Waals surface area contributed by atoms with Crippen LogP contribution in [0.2, 0.25) is 0 Å². The molecule has 4 rings (SSSR count). The van der Waals surface area contributed by atoms with Crippen molar-refractivity contribution in [2.45, 2.75) is 41.9 Å². The Kier molecular flexibility index (Phi) is 1.40. The summed E-state index contributed by atoms with van der Waals surface area (Å²) in [7, 11) is 0. The largest absolute Gasteiger partial charge is 0.0788 e. The molecule has 0 unspecified atom stereocenters. The fraction of sp³-hybridized carbons (Fsp3) is 1.00. The summed E-state index contributed by atoms with van der Waals surface area (Å²) in [6.07, 6.45) is 9.42. The zero-order valence-electron chi connectivity index (χ0n) is 6.85. The van der Waals surface area contributed by atoms with E-state index in [1.54, 1.807) is 38.5 Å². The summed E-state index contributed by atoms with van der Waals surface area (Å²) in [6, 6.07) is 0. The second-order valence-electron chi connectivity index (χ2n) is 5.07. The Labute approximate surface area is 82.3 Å². The Hall–Kier alpha value is 0.730. The smallest absolute Gasteiger partial charge is 0.0230 e. The highest BCUT2D eigenvalue weighted by Crippen LogP contribution is 2.59. The Morgan fingerprint density at radius 2 is 1.18 bits per heavy atom. The van der Waals surface area contributed by atoms with Gasteiger partial charge in [-0.05, 0) is 56.3 Å². The van der Waals surface area contributed by atoms with E-state index in [1.807, 2.05) is 0 Å². The standard InChI is InChI=1S/C10H15I/c11-10-4-7-1-8(5-10)3-9(2-7)6-10/h7-9H,1-6H2. The SMILES string of the molecule is IC12CC3CC(CC(C3)C1)C2. The first-order valence-electron chi connectivity index (χ1n) is 4.92. The number of rotatable bonds is 0. The van der Waals surface area contributed by atoms with E-state index in [9.17, 15) is 0 Å². The Morgan fingerprint density at radius 1 is 0.818 bits per heavy atom. The third-order valence-corrected chi connectivity index (χ3v) is 5.28. The van der Waals surface area contributed by atoms with Crippen molar-refractivity contribution in [1.29, 1.82) is 0 Å². The summed E-state index contributed by atoms with van der Waals surface area (Å²) in [4.78, 5) is 0. The number of hydrogen-bond acceptors (Lipinski definition) is 0. The van der Waals surface area contributed by atoms with Crippen LogP contribution in [0.5, 0.6) is 0 Å². The van der Waals surface area contributed by atoms with Gasteiger partial charge in [-0.1, -0.05) is 22.6 Å². The molecule has 0 spiro atoms. The maximum absolute atomic E-state index is 2.77. The molecule has 0 nitrogen and oxygen atoms in total. The molecule has 0 aliphatic heterocycles. The lowest BCUT2D eigenvalue weighted by Gasteiger charge is -2.54. The van der Waals surface area contributed by atoms with Crippen LogP contribution in [0.1, 0.15) is 38.5 Å². The molecule has 4 saturated carbocycles. The van der Waals surface area contributed by atoms with Gasteiger partial charge in [0.05, 0.1) is 0 Å². The highest BCUT2D eigenvalue weighted by atomic mass is 127. The van der Waals surface area contributed by atoms with Gasteiger partial charge in [0.2, 0.25) is 0 Å². The van der Waals surface area contributed by atoms with Crippen LogP contribution in [-0.4, -0.2) is 3.42 Å². The van der Waals surface area contributed by atoms with Crippen LogP contribution in [0.3, 0.4) is 0 Å². The second kappa shape index (κ2) is 2.15. The molecule has 0 atom stereocenters. The lowest BCUT2D eigenvalue weighted by atomic mass is 9.56. The zero-order chi connectivity index (χ0) is 7.47. The molecule has 0 N–H and O–H groups in total. The quantitative estimate of drug-likeness (QED) is 0.463.